The molecule has 6 heteroatoms. The van der Waals surface area contributed by atoms with E-state index >= 15 is 0 Å². The first-order chi connectivity index (χ1) is 9.69. The molecule has 1 aliphatic rings. The lowest BCUT2D eigenvalue weighted by atomic mass is 10.1. The molecule has 0 bridgehead atoms. The lowest BCUT2D eigenvalue weighted by Crippen LogP contribution is -2.09. The van der Waals surface area contributed by atoms with E-state index in [4.69, 9.17) is 16.9 Å². The Morgan fingerprint density at radius 2 is 2.30 bits per heavy atom. The number of halogens is 2. The van der Waals surface area contributed by atoms with Gasteiger partial charge in [-0.15, -0.1) is 0 Å². The predicted molar refractivity (Wildman–Crippen MR) is 80.6 cm³/mol. The van der Waals surface area contributed by atoms with Crippen LogP contribution in [0.4, 0.5) is 5.82 Å². The molecular weight excluding hydrogens is 340 g/mol. The van der Waals surface area contributed by atoms with Crippen molar-refractivity contribution < 1.29 is 0 Å². The van der Waals surface area contributed by atoms with Gasteiger partial charge in [0.2, 0.25) is 0 Å². The number of anilines is 1. The molecule has 3 rings (SSSR count). The summed E-state index contributed by atoms with van der Waals surface area (Å²) < 4.78 is 1.14. The molecule has 4 nitrogen and oxygen atoms in total. The molecule has 0 spiro atoms. The van der Waals surface area contributed by atoms with Crippen molar-refractivity contribution in [1.82, 2.24) is 9.97 Å². The van der Waals surface area contributed by atoms with Crippen molar-refractivity contribution in [1.29, 1.82) is 5.26 Å². The third-order valence-electron chi connectivity index (χ3n) is 3.37. The largest absolute Gasteiger partial charge is 0.362 e. The predicted octanol–water partition coefficient (Wildman–Crippen LogP) is 3.86. The SMILES string of the molecule is N#Cc1ncc(NC2CCc3c(Br)cccc32)nc1Cl. The molecule has 0 fully saturated rings. The number of nitriles is 1. The quantitative estimate of drug-likeness (QED) is 0.894. The van der Waals surface area contributed by atoms with Crippen molar-refractivity contribution >= 4 is 33.3 Å². The molecule has 1 aromatic heterocycles. The van der Waals surface area contributed by atoms with Gasteiger partial charge in [-0.05, 0) is 30.0 Å². The second-order valence-electron chi connectivity index (χ2n) is 4.55. The Morgan fingerprint density at radius 3 is 3.05 bits per heavy atom. The molecule has 20 heavy (non-hydrogen) atoms. The Labute approximate surface area is 129 Å². The number of rotatable bonds is 2. The molecule has 1 aliphatic carbocycles. The highest BCUT2D eigenvalue weighted by atomic mass is 79.9. The summed E-state index contributed by atoms with van der Waals surface area (Å²) in [4.78, 5) is 8.15. The minimum absolute atomic E-state index is 0.130. The highest BCUT2D eigenvalue weighted by molar-refractivity contribution is 9.10. The highest BCUT2D eigenvalue weighted by Crippen LogP contribution is 2.37. The summed E-state index contributed by atoms with van der Waals surface area (Å²) >= 11 is 9.47. The smallest absolute Gasteiger partial charge is 0.178 e. The van der Waals surface area contributed by atoms with Gasteiger partial charge >= 0.3 is 0 Å². The number of nitrogens with one attached hydrogen (secondary N) is 1. The van der Waals surface area contributed by atoms with E-state index in [1.807, 2.05) is 12.1 Å². The maximum atomic E-state index is 8.79. The van der Waals surface area contributed by atoms with Crippen LogP contribution >= 0.6 is 27.5 Å². The number of hydrogen-bond acceptors (Lipinski definition) is 4. The molecule has 1 N–H and O–H groups in total. The number of nitrogens with zero attached hydrogens (tertiary/aromatic N) is 3. The van der Waals surface area contributed by atoms with Gasteiger partial charge < -0.3 is 5.32 Å². The molecule has 1 aromatic carbocycles. The topological polar surface area (TPSA) is 61.6 Å². The standard InChI is InChI=1S/C14H10BrClN4/c15-10-3-1-2-9-8(10)4-5-11(9)19-13-7-18-12(6-17)14(16)20-13/h1-3,7,11H,4-5H2,(H,19,20). The molecule has 1 heterocycles. The summed E-state index contributed by atoms with van der Waals surface area (Å²) in [6, 6.07) is 8.29. The fourth-order valence-electron chi connectivity index (χ4n) is 2.45. The van der Waals surface area contributed by atoms with Gasteiger partial charge in [0.25, 0.3) is 0 Å². The number of fused-ring (bicyclic) bond motifs is 1. The zero-order chi connectivity index (χ0) is 14.1. The highest BCUT2D eigenvalue weighted by Gasteiger charge is 2.24. The first kappa shape index (κ1) is 13.3. The molecule has 1 atom stereocenters. The Hall–Kier alpha value is -1.64. The third-order valence-corrected chi connectivity index (χ3v) is 4.38. The van der Waals surface area contributed by atoms with Gasteiger partial charge in [-0.25, -0.2) is 9.97 Å². The van der Waals surface area contributed by atoms with E-state index in [0.717, 1.165) is 17.3 Å². The molecular formula is C14H10BrClN4. The van der Waals surface area contributed by atoms with Crippen LogP contribution in [-0.4, -0.2) is 9.97 Å². The minimum atomic E-state index is 0.130. The summed E-state index contributed by atoms with van der Waals surface area (Å²) in [5.74, 6) is 0.590. The van der Waals surface area contributed by atoms with Crippen LogP contribution in [0.25, 0.3) is 0 Å². The van der Waals surface area contributed by atoms with Crippen molar-refractivity contribution in [3.8, 4) is 6.07 Å². The summed E-state index contributed by atoms with van der Waals surface area (Å²) in [5, 5.41) is 12.2. The van der Waals surface area contributed by atoms with E-state index in [-0.39, 0.29) is 16.9 Å². The van der Waals surface area contributed by atoms with E-state index < -0.39 is 0 Å². The van der Waals surface area contributed by atoms with E-state index in [2.05, 4.69) is 43.3 Å². The van der Waals surface area contributed by atoms with Crippen molar-refractivity contribution in [2.45, 2.75) is 18.9 Å². The van der Waals surface area contributed by atoms with Crippen LogP contribution in [-0.2, 0) is 6.42 Å². The summed E-state index contributed by atoms with van der Waals surface area (Å²) in [5.41, 5.74) is 2.74. The molecule has 100 valence electrons. The summed E-state index contributed by atoms with van der Waals surface area (Å²) in [7, 11) is 0. The Balaban J connectivity index is 1.86. The lowest BCUT2D eigenvalue weighted by molar-refractivity contribution is 0.756. The Kier molecular flexibility index (Phi) is 3.60. The fourth-order valence-corrected chi connectivity index (χ4v) is 3.21. The van der Waals surface area contributed by atoms with Crippen molar-refractivity contribution in [2.75, 3.05) is 5.32 Å². The zero-order valence-electron chi connectivity index (χ0n) is 10.4. The molecule has 0 aliphatic heterocycles. The molecule has 0 saturated heterocycles. The van der Waals surface area contributed by atoms with Gasteiger partial charge in [0, 0.05) is 4.47 Å². The van der Waals surface area contributed by atoms with E-state index in [1.54, 1.807) is 6.20 Å². The second-order valence-corrected chi connectivity index (χ2v) is 5.76. The van der Waals surface area contributed by atoms with Gasteiger partial charge in [0.15, 0.2) is 10.8 Å². The lowest BCUT2D eigenvalue weighted by Gasteiger charge is -2.14. The van der Waals surface area contributed by atoms with E-state index in [9.17, 15) is 0 Å². The van der Waals surface area contributed by atoms with Gasteiger partial charge in [0.05, 0.1) is 12.2 Å². The fraction of sp³-hybridized carbons (Fsp3) is 0.214. The van der Waals surface area contributed by atoms with Crippen molar-refractivity contribution in [3.63, 3.8) is 0 Å². The molecule has 2 aromatic rings. The van der Waals surface area contributed by atoms with Crippen LogP contribution in [0.5, 0.6) is 0 Å². The molecule has 1 unspecified atom stereocenters. The third kappa shape index (κ3) is 2.37. The first-order valence-corrected chi connectivity index (χ1v) is 7.32. The van der Waals surface area contributed by atoms with E-state index in [1.165, 1.54) is 11.1 Å². The Bertz CT molecular complexity index is 711. The molecule has 0 radical (unpaired) electrons. The first-order valence-electron chi connectivity index (χ1n) is 6.15. The van der Waals surface area contributed by atoms with Crippen LogP contribution in [0.3, 0.4) is 0 Å². The van der Waals surface area contributed by atoms with Gasteiger partial charge in [-0.2, -0.15) is 5.26 Å². The average molecular weight is 350 g/mol. The summed E-state index contributed by atoms with van der Waals surface area (Å²) in [6.45, 7) is 0. The van der Waals surface area contributed by atoms with Gasteiger partial charge in [0.1, 0.15) is 11.9 Å². The number of aromatic nitrogens is 2. The van der Waals surface area contributed by atoms with Crippen molar-refractivity contribution in [2.24, 2.45) is 0 Å². The molecule has 0 saturated carbocycles. The van der Waals surface area contributed by atoms with Crippen LogP contribution in [0.2, 0.25) is 5.15 Å². The normalized spacial score (nSPS) is 16.6. The maximum Gasteiger partial charge on any atom is 0.178 e. The van der Waals surface area contributed by atoms with Crippen molar-refractivity contribution in [3.05, 3.63) is 50.8 Å². The zero-order valence-corrected chi connectivity index (χ0v) is 12.7. The second kappa shape index (κ2) is 5.39. The number of benzene rings is 1. The van der Waals surface area contributed by atoms with Gasteiger partial charge in [-0.1, -0.05) is 39.7 Å². The average Bonchev–Trinajstić information content (AvgIpc) is 2.84. The van der Waals surface area contributed by atoms with Crippen LogP contribution in [0.15, 0.2) is 28.9 Å². The minimum Gasteiger partial charge on any atom is -0.362 e. The molecule has 0 amide bonds. The van der Waals surface area contributed by atoms with Crippen LogP contribution in [0, 0.1) is 11.3 Å². The van der Waals surface area contributed by atoms with E-state index in [0.29, 0.717) is 5.82 Å². The summed E-state index contributed by atoms with van der Waals surface area (Å²) in [6.07, 6.45) is 3.56. The Morgan fingerprint density at radius 1 is 1.45 bits per heavy atom. The van der Waals surface area contributed by atoms with Crippen LogP contribution < -0.4 is 5.32 Å². The monoisotopic (exact) mass is 348 g/mol. The van der Waals surface area contributed by atoms with Gasteiger partial charge in [-0.3, -0.25) is 0 Å². The maximum absolute atomic E-state index is 8.79. The van der Waals surface area contributed by atoms with Crippen LogP contribution in [0.1, 0.15) is 29.3 Å². The number of hydrogen-bond donors (Lipinski definition) is 1.